The molecular weight excluding hydrogens is 289 g/mol. The highest BCUT2D eigenvalue weighted by Gasteiger charge is 2.13. The highest BCUT2D eigenvalue weighted by Crippen LogP contribution is 2.31. The number of nitrogens with zero attached hydrogens (tertiary/aromatic N) is 1. The molecule has 0 unspecified atom stereocenters. The first kappa shape index (κ1) is 13.4. The summed E-state index contributed by atoms with van der Waals surface area (Å²) < 4.78 is 2.27. The van der Waals surface area contributed by atoms with Crippen LogP contribution in [0.25, 0.3) is 38.3 Å². The summed E-state index contributed by atoms with van der Waals surface area (Å²) in [6, 6.07) is 29.6. The van der Waals surface area contributed by atoms with Crippen LogP contribution in [-0.4, -0.2) is 12.4 Å². The average Bonchev–Trinajstić information content (AvgIpc) is 2.97. The van der Waals surface area contributed by atoms with Gasteiger partial charge in [-0.15, -0.1) is 0 Å². The normalized spacial score (nSPS) is 11.5. The van der Waals surface area contributed by atoms with Gasteiger partial charge in [-0.2, -0.15) is 0 Å². The van der Waals surface area contributed by atoms with E-state index in [4.69, 9.17) is 7.85 Å². The molecule has 0 aliphatic carbocycles. The molecule has 0 bridgehead atoms. The van der Waals surface area contributed by atoms with Crippen LogP contribution in [0, 0.1) is 0 Å². The Bertz CT molecular complexity index is 1220. The number of rotatable bonds is 1. The smallest absolute Gasteiger partial charge is 0.116 e. The van der Waals surface area contributed by atoms with Crippen LogP contribution in [0.2, 0.25) is 0 Å². The summed E-state index contributed by atoms with van der Waals surface area (Å²) >= 11 is 0. The Labute approximate surface area is 141 Å². The van der Waals surface area contributed by atoms with Gasteiger partial charge in [0.1, 0.15) is 7.85 Å². The van der Waals surface area contributed by atoms with Crippen LogP contribution >= 0.6 is 0 Å². The molecule has 0 saturated heterocycles. The molecule has 4 aromatic carbocycles. The Morgan fingerprint density at radius 3 is 2.29 bits per heavy atom. The van der Waals surface area contributed by atoms with Gasteiger partial charge in [0.05, 0.1) is 5.52 Å². The fraction of sp³-hybridized carbons (Fsp3) is 0. The molecule has 0 aliphatic heterocycles. The Kier molecular flexibility index (Phi) is 2.80. The van der Waals surface area contributed by atoms with E-state index in [0.29, 0.717) is 0 Å². The van der Waals surface area contributed by atoms with Crippen LogP contribution in [-0.2, 0) is 0 Å². The number of hydrogen-bond acceptors (Lipinski definition) is 0. The molecule has 5 aromatic rings. The Morgan fingerprint density at radius 1 is 0.625 bits per heavy atom. The van der Waals surface area contributed by atoms with Crippen LogP contribution in [0.3, 0.4) is 0 Å². The average molecular weight is 303 g/mol. The topological polar surface area (TPSA) is 4.93 Å². The van der Waals surface area contributed by atoms with Crippen molar-refractivity contribution in [3.8, 4) is 5.69 Å². The maximum absolute atomic E-state index is 6.35. The van der Waals surface area contributed by atoms with E-state index in [2.05, 4.69) is 77.4 Å². The van der Waals surface area contributed by atoms with Crippen LogP contribution in [0.4, 0.5) is 0 Å². The third-order valence-corrected chi connectivity index (χ3v) is 4.72. The van der Waals surface area contributed by atoms with Gasteiger partial charge in [-0.3, -0.25) is 0 Å². The summed E-state index contributed by atoms with van der Waals surface area (Å²) in [4.78, 5) is 0. The molecule has 0 N–H and O–H groups in total. The van der Waals surface area contributed by atoms with Crippen LogP contribution in [0.15, 0.2) is 84.9 Å². The van der Waals surface area contributed by atoms with Crippen molar-refractivity contribution < 1.29 is 0 Å². The molecule has 1 nitrogen and oxygen atoms in total. The van der Waals surface area contributed by atoms with Crippen molar-refractivity contribution in [3.05, 3.63) is 84.9 Å². The van der Waals surface area contributed by atoms with Crippen molar-refractivity contribution in [3.63, 3.8) is 0 Å². The summed E-state index contributed by atoms with van der Waals surface area (Å²) in [5, 5.41) is 4.90. The molecule has 0 atom stereocenters. The summed E-state index contributed by atoms with van der Waals surface area (Å²) in [6.45, 7) is 0. The number of hydrogen-bond donors (Lipinski definition) is 0. The quantitative estimate of drug-likeness (QED) is 0.394. The highest BCUT2D eigenvalue weighted by molar-refractivity contribution is 6.40. The predicted molar refractivity (Wildman–Crippen MR) is 104 cm³/mol. The van der Waals surface area contributed by atoms with E-state index in [9.17, 15) is 0 Å². The summed E-state index contributed by atoms with van der Waals surface area (Å²) in [5.74, 6) is 0. The number of benzene rings is 4. The molecule has 0 spiro atoms. The highest BCUT2D eigenvalue weighted by atomic mass is 15.0. The Hall–Kier alpha value is -3.00. The van der Waals surface area contributed by atoms with Crippen molar-refractivity contribution >= 4 is 45.9 Å². The number of aromatic nitrogens is 1. The lowest BCUT2D eigenvalue weighted by molar-refractivity contribution is 1.19. The molecule has 0 aliphatic rings. The Balaban J connectivity index is 1.96. The first-order chi connectivity index (χ1) is 11.8. The molecule has 2 heteroatoms. The zero-order valence-corrected chi connectivity index (χ0v) is 13.1. The molecule has 5 rings (SSSR count). The van der Waals surface area contributed by atoms with Gasteiger partial charge in [-0.1, -0.05) is 72.2 Å². The first-order valence-electron chi connectivity index (χ1n) is 8.10. The minimum atomic E-state index is 0.803. The number of para-hydroxylation sites is 2. The zero-order chi connectivity index (χ0) is 16.1. The number of fused-ring (bicyclic) bond motifs is 4. The van der Waals surface area contributed by atoms with Crippen molar-refractivity contribution in [1.29, 1.82) is 0 Å². The summed E-state index contributed by atoms with van der Waals surface area (Å²) in [6.07, 6.45) is 0. The van der Waals surface area contributed by atoms with Crippen molar-refractivity contribution in [2.75, 3.05) is 0 Å². The fourth-order valence-electron chi connectivity index (χ4n) is 3.63. The monoisotopic (exact) mass is 303 g/mol. The molecule has 1 aromatic heterocycles. The van der Waals surface area contributed by atoms with Crippen LogP contribution in [0.1, 0.15) is 0 Å². The fourth-order valence-corrected chi connectivity index (χ4v) is 3.63. The molecule has 0 saturated carbocycles. The minimum absolute atomic E-state index is 0.803. The van der Waals surface area contributed by atoms with Gasteiger partial charge in [-0.05, 0) is 29.0 Å². The molecule has 2 radical (unpaired) electrons. The minimum Gasteiger partial charge on any atom is -0.310 e. The van der Waals surface area contributed by atoms with Gasteiger partial charge < -0.3 is 4.57 Å². The van der Waals surface area contributed by atoms with Crippen molar-refractivity contribution in [2.24, 2.45) is 0 Å². The molecule has 1 heterocycles. The second-order valence-corrected chi connectivity index (χ2v) is 6.13. The predicted octanol–water partition coefficient (Wildman–Crippen LogP) is 4.73. The largest absolute Gasteiger partial charge is 0.310 e. The first-order valence-corrected chi connectivity index (χ1v) is 8.10. The van der Waals surface area contributed by atoms with Gasteiger partial charge in [0.15, 0.2) is 0 Å². The lowest BCUT2D eigenvalue weighted by Gasteiger charge is -2.11. The van der Waals surface area contributed by atoms with E-state index >= 15 is 0 Å². The van der Waals surface area contributed by atoms with E-state index in [1.54, 1.807) is 0 Å². The van der Waals surface area contributed by atoms with E-state index in [-0.39, 0.29) is 0 Å². The lowest BCUT2D eigenvalue weighted by Crippen LogP contribution is -2.07. The summed E-state index contributed by atoms with van der Waals surface area (Å²) in [7, 11) is 6.35. The molecular formula is C22H14BN. The van der Waals surface area contributed by atoms with Gasteiger partial charge in [-0.25, -0.2) is 0 Å². The Morgan fingerprint density at radius 2 is 1.38 bits per heavy atom. The van der Waals surface area contributed by atoms with E-state index < -0.39 is 0 Å². The summed E-state index contributed by atoms with van der Waals surface area (Å²) in [5.41, 5.74) is 4.20. The molecule has 0 amide bonds. The second kappa shape index (κ2) is 5.00. The van der Waals surface area contributed by atoms with E-state index in [1.165, 1.54) is 27.1 Å². The van der Waals surface area contributed by atoms with Crippen molar-refractivity contribution in [1.82, 2.24) is 4.57 Å². The lowest BCUT2D eigenvalue weighted by atomic mass is 9.93. The SMILES string of the molecule is [B]c1cccc2c3ccccc3n(-c3ccc4ccccc4c3)c12. The second-order valence-electron chi connectivity index (χ2n) is 6.13. The van der Waals surface area contributed by atoms with Gasteiger partial charge >= 0.3 is 0 Å². The van der Waals surface area contributed by atoms with Crippen LogP contribution < -0.4 is 5.46 Å². The maximum Gasteiger partial charge on any atom is 0.116 e. The van der Waals surface area contributed by atoms with E-state index in [1.807, 2.05) is 12.1 Å². The van der Waals surface area contributed by atoms with Gasteiger partial charge in [0, 0.05) is 22.0 Å². The third-order valence-electron chi connectivity index (χ3n) is 4.72. The standard InChI is InChI=1S/C22H14BN/c23-20-10-5-9-19-18-8-3-4-11-21(18)24(22(19)20)17-13-12-15-6-1-2-7-16(15)14-17/h1-14H. The molecule has 110 valence electrons. The maximum atomic E-state index is 6.35. The van der Waals surface area contributed by atoms with E-state index in [0.717, 1.165) is 16.7 Å². The van der Waals surface area contributed by atoms with Gasteiger partial charge in [0.2, 0.25) is 0 Å². The van der Waals surface area contributed by atoms with Gasteiger partial charge in [0.25, 0.3) is 0 Å². The molecule has 0 fully saturated rings. The molecule has 24 heavy (non-hydrogen) atoms. The van der Waals surface area contributed by atoms with Crippen molar-refractivity contribution in [2.45, 2.75) is 0 Å². The van der Waals surface area contributed by atoms with Crippen LogP contribution in [0.5, 0.6) is 0 Å². The zero-order valence-electron chi connectivity index (χ0n) is 13.1. The third kappa shape index (κ3) is 1.83.